The molecule has 0 spiro atoms. The maximum Gasteiger partial charge on any atom is 0.230 e. The molecule has 1 fully saturated rings. The molecule has 0 bridgehead atoms. The lowest BCUT2D eigenvalue weighted by Gasteiger charge is -2.30. The molecule has 1 heterocycles. The van der Waals surface area contributed by atoms with Crippen molar-refractivity contribution in [3.05, 3.63) is 29.3 Å². The summed E-state index contributed by atoms with van der Waals surface area (Å²) in [4.78, 5) is 12.5. The van der Waals surface area contributed by atoms with Crippen molar-refractivity contribution in [2.75, 3.05) is 11.9 Å². The zero-order valence-electron chi connectivity index (χ0n) is 12.7. The summed E-state index contributed by atoms with van der Waals surface area (Å²) in [5.74, 6) is -0.163. The Morgan fingerprint density at radius 1 is 1.48 bits per heavy atom. The second-order valence-electron chi connectivity index (χ2n) is 5.40. The van der Waals surface area contributed by atoms with Gasteiger partial charge in [-0.1, -0.05) is 19.9 Å². The number of hydrogen-bond acceptors (Lipinski definition) is 3. The van der Waals surface area contributed by atoms with Crippen molar-refractivity contribution in [1.82, 2.24) is 0 Å². The summed E-state index contributed by atoms with van der Waals surface area (Å²) in [5, 5.41) is 12.1. The van der Waals surface area contributed by atoms with E-state index in [-0.39, 0.29) is 17.9 Å². The lowest BCUT2D eigenvalue weighted by Crippen LogP contribution is -2.37. The van der Waals surface area contributed by atoms with Gasteiger partial charge in [0, 0.05) is 6.61 Å². The summed E-state index contributed by atoms with van der Waals surface area (Å²) in [6.45, 7) is 4.81. The van der Waals surface area contributed by atoms with E-state index in [1.165, 1.54) is 0 Å². The Balaban J connectivity index is 2.13. The van der Waals surface area contributed by atoms with E-state index in [0.29, 0.717) is 11.3 Å². The van der Waals surface area contributed by atoms with Crippen LogP contribution in [0.2, 0.25) is 0 Å². The normalized spacial score (nSPS) is 21.6. The number of carbonyl (C=O) groups is 1. The minimum absolute atomic E-state index is 0.0146. The van der Waals surface area contributed by atoms with Crippen LogP contribution < -0.4 is 5.32 Å². The fraction of sp³-hybridized carbons (Fsp3) is 0.529. The minimum Gasteiger partial charge on any atom is -0.377 e. The third kappa shape index (κ3) is 3.62. The van der Waals surface area contributed by atoms with E-state index in [0.717, 1.165) is 37.9 Å². The van der Waals surface area contributed by atoms with Crippen LogP contribution >= 0.6 is 0 Å². The SMILES string of the molecule is CCc1ccc(NC(=O)C2CCCOC2CC)c(C#N)c1. The molecular weight excluding hydrogens is 264 g/mol. The fourth-order valence-electron chi connectivity index (χ4n) is 2.78. The van der Waals surface area contributed by atoms with Gasteiger partial charge in [0.1, 0.15) is 6.07 Å². The van der Waals surface area contributed by atoms with Crippen molar-refractivity contribution in [3.63, 3.8) is 0 Å². The standard InChI is InChI=1S/C17H22N2O2/c1-3-12-7-8-15(13(10-12)11-18)19-17(20)14-6-5-9-21-16(14)4-2/h7-8,10,14,16H,3-6,9H2,1-2H3,(H,19,20). The van der Waals surface area contributed by atoms with Gasteiger partial charge in [0.15, 0.2) is 0 Å². The molecule has 2 rings (SSSR count). The van der Waals surface area contributed by atoms with Crippen LogP contribution in [0.5, 0.6) is 0 Å². The molecule has 0 radical (unpaired) electrons. The molecule has 0 aliphatic carbocycles. The van der Waals surface area contributed by atoms with Crippen molar-refractivity contribution in [2.24, 2.45) is 5.92 Å². The molecule has 4 heteroatoms. The Morgan fingerprint density at radius 3 is 2.95 bits per heavy atom. The largest absolute Gasteiger partial charge is 0.377 e. The summed E-state index contributed by atoms with van der Waals surface area (Å²) in [6.07, 6.45) is 3.45. The highest BCUT2D eigenvalue weighted by molar-refractivity contribution is 5.94. The first kappa shape index (κ1) is 15.5. The number of hydrogen-bond donors (Lipinski definition) is 1. The maximum absolute atomic E-state index is 12.5. The Kier molecular flexibility index (Phi) is 5.35. The molecule has 1 aromatic rings. The molecule has 21 heavy (non-hydrogen) atoms. The van der Waals surface area contributed by atoms with Gasteiger partial charge in [-0.05, 0) is 43.4 Å². The maximum atomic E-state index is 12.5. The number of ether oxygens (including phenoxy) is 1. The molecule has 2 atom stereocenters. The van der Waals surface area contributed by atoms with Gasteiger partial charge in [0.05, 0.1) is 23.3 Å². The van der Waals surface area contributed by atoms with Gasteiger partial charge in [-0.3, -0.25) is 4.79 Å². The van der Waals surface area contributed by atoms with Crippen LogP contribution in [-0.2, 0) is 16.0 Å². The van der Waals surface area contributed by atoms with Crippen LogP contribution in [0, 0.1) is 17.2 Å². The smallest absolute Gasteiger partial charge is 0.230 e. The van der Waals surface area contributed by atoms with E-state index >= 15 is 0 Å². The van der Waals surface area contributed by atoms with Crippen LogP contribution in [0.25, 0.3) is 0 Å². The van der Waals surface area contributed by atoms with Gasteiger partial charge in [-0.25, -0.2) is 0 Å². The number of carbonyl (C=O) groups excluding carboxylic acids is 1. The Bertz CT molecular complexity index is 548. The van der Waals surface area contributed by atoms with Gasteiger partial charge in [0.2, 0.25) is 5.91 Å². The number of rotatable bonds is 4. The van der Waals surface area contributed by atoms with E-state index in [9.17, 15) is 10.1 Å². The third-order valence-corrected chi connectivity index (χ3v) is 4.05. The Morgan fingerprint density at radius 2 is 2.29 bits per heavy atom. The topological polar surface area (TPSA) is 62.1 Å². The van der Waals surface area contributed by atoms with E-state index in [2.05, 4.69) is 11.4 Å². The molecule has 1 aliphatic heterocycles. The van der Waals surface area contributed by atoms with Gasteiger partial charge in [-0.15, -0.1) is 0 Å². The predicted octanol–water partition coefficient (Wildman–Crippen LogP) is 3.26. The van der Waals surface area contributed by atoms with Crippen molar-refractivity contribution < 1.29 is 9.53 Å². The number of amides is 1. The minimum atomic E-state index is -0.124. The summed E-state index contributed by atoms with van der Waals surface area (Å²) in [6, 6.07) is 7.76. The molecule has 2 unspecified atom stereocenters. The summed E-state index contributed by atoms with van der Waals surface area (Å²) >= 11 is 0. The van der Waals surface area contributed by atoms with E-state index in [1.54, 1.807) is 0 Å². The highest BCUT2D eigenvalue weighted by Crippen LogP contribution is 2.26. The third-order valence-electron chi connectivity index (χ3n) is 4.05. The summed E-state index contributed by atoms with van der Waals surface area (Å²) < 4.78 is 5.67. The van der Waals surface area contributed by atoms with Crippen LogP contribution in [0.4, 0.5) is 5.69 Å². The summed E-state index contributed by atoms with van der Waals surface area (Å²) in [7, 11) is 0. The molecule has 1 aliphatic rings. The van der Waals surface area contributed by atoms with Gasteiger partial charge < -0.3 is 10.1 Å². The first-order valence-corrected chi connectivity index (χ1v) is 7.65. The molecule has 1 amide bonds. The monoisotopic (exact) mass is 286 g/mol. The molecule has 1 N–H and O–H groups in total. The number of benzene rings is 1. The number of nitrogens with one attached hydrogen (secondary N) is 1. The number of anilines is 1. The fourth-order valence-corrected chi connectivity index (χ4v) is 2.78. The average molecular weight is 286 g/mol. The zero-order chi connectivity index (χ0) is 15.2. The highest BCUT2D eigenvalue weighted by atomic mass is 16.5. The van der Waals surface area contributed by atoms with Crippen LogP contribution in [0.3, 0.4) is 0 Å². The Labute approximate surface area is 126 Å². The summed E-state index contributed by atoms with van der Waals surface area (Å²) in [5.41, 5.74) is 2.21. The van der Waals surface area contributed by atoms with Crippen LogP contribution in [0.15, 0.2) is 18.2 Å². The lowest BCUT2D eigenvalue weighted by atomic mass is 9.91. The number of nitriles is 1. The van der Waals surface area contributed by atoms with E-state index in [1.807, 2.05) is 32.0 Å². The molecule has 0 saturated carbocycles. The van der Waals surface area contributed by atoms with Crippen molar-refractivity contribution in [1.29, 1.82) is 5.26 Å². The average Bonchev–Trinajstić information content (AvgIpc) is 2.55. The zero-order valence-corrected chi connectivity index (χ0v) is 12.7. The van der Waals surface area contributed by atoms with Crippen LogP contribution in [0.1, 0.15) is 44.2 Å². The molecule has 1 aromatic carbocycles. The first-order chi connectivity index (χ1) is 10.2. The lowest BCUT2D eigenvalue weighted by molar-refractivity contribution is -0.129. The number of aryl methyl sites for hydroxylation is 1. The van der Waals surface area contributed by atoms with Crippen LogP contribution in [-0.4, -0.2) is 18.6 Å². The van der Waals surface area contributed by atoms with Gasteiger partial charge >= 0.3 is 0 Å². The van der Waals surface area contributed by atoms with Crippen molar-refractivity contribution in [2.45, 2.75) is 45.6 Å². The highest BCUT2D eigenvalue weighted by Gasteiger charge is 2.30. The second-order valence-corrected chi connectivity index (χ2v) is 5.40. The molecule has 112 valence electrons. The van der Waals surface area contributed by atoms with E-state index in [4.69, 9.17) is 4.74 Å². The van der Waals surface area contributed by atoms with E-state index < -0.39 is 0 Å². The van der Waals surface area contributed by atoms with Crippen molar-refractivity contribution >= 4 is 11.6 Å². The second kappa shape index (κ2) is 7.24. The molecule has 1 saturated heterocycles. The van der Waals surface area contributed by atoms with Crippen molar-refractivity contribution in [3.8, 4) is 6.07 Å². The quantitative estimate of drug-likeness (QED) is 0.924. The molecule has 4 nitrogen and oxygen atoms in total. The van der Waals surface area contributed by atoms with Gasteiger partial charge in [-0.2, -0.15) is 5.26 Å². The molecular formula is C17H22N2O2. The Hall–Kier alpha value is -1.86. The molecule has 0 aromatic heterocycles. The van der Waals surface area contributed by atoms with Gasteiger partial charge in [0.25, 0.3) is 0 Å². The first-order valence-electron chi connectivity index (χ1n) is 7.65. The number of nitrogens with zero attached hydrogens (tertiary/aromatic N) is 1. The predicted molar refractivity (Wildman–Crippen MR) is 81.9 cm³/mol.